The number of rotatable bonds is 10. The molecule has 1 aliphatic carbocycles. The first kappa shape index (κ1) is 30.0. The Morgan fingerprint density at radius 1 is 0.977 bits per heavy atom. The third-order valence-electron chi connectivity index (χ3n) is 7.40. The molecule has 7 nitrogen and oxygen atoms in total. The molecular formula is C35H33ClN2O5. The number of benzene rings is 3. The lowest BCUT2D eigenvalue weighted by atomic mass is 9.97. The third kappa shape index (κ3) is 7.13. The molecule has 3 aromatic carbocycles. The van der Waals surface area contributed by atoms with Gasteiger partial charge < -0.3 is 19.8 Å². The van der Waals surface area contributed by atoms with Crippen LogP contribution < -0.4 is 9.64 Å². The monoisotopic (exact) mass is 596 g/mol. The van der Waals surface area contributed by atoms with Gasteiger partial charge in [0.25, 0.3) is 5.91 Å². The first-order valence-electron chi connectivity index (χ1n) is 14.2. The van der Waals surface area contributed by atoms with E-state index in [1.165, 1.54) is 0 Å². The van der Waals surface area contributed by atoms with Gasteiger partial charge in [0.1, 0.15) is 12.4 Å². The van der Waals surface area contributed by atoms with Crippen molar-refractivity contribution in [3.63, 3.8) is 0 Å². The number of amides is 1. The van der Waals surface area contributed by atoms with Crippen LogP contribution in [0.3, 0.4) is 0 Å². The summed E-state index contributed by atoms with van der Waals surface area (Å²) < 4.78 is 6.06. The third-order valence-corrected chi connectivity index (χ3v) is 7.64. The molecule has 1 amide bonds. The van der Waals surface area contributed by atoms with Crippen LogP contribution in [0.5, 0.6) is 5.75 Å². The molecule has 1 heterocycles. The molecule has 220 valence electrons. The van der Waals surface area contributed by atoms with Crippen molar-refractivity contribution in [1.29, 1.82) is 0 Å². The number of aromatic nitrogens is 1. The molecule has 0 saturated carbocycles. The molecule has 1 aliphatic rings. The molecular weight excluding hydrogens is 564 g/mol. The minimum Gasteiger partial charge on any atom is -0.491 e. The SMILES string of the molecule is CC(C)(O)c1ccccc1OCCN(C(=O)C1=C(C(=O)O)CCC1)c1cccc(/C=C/c2ccc3ccc(Cl)cc3n2)c1. The average Bonchev–Trinajstić information content (AvgIpc) is 3.48. The molecule has 0 aliphatic heterocycles. The van der Waals surface area contributed by atoms with Gasteiger partial charge in [-0.1, -0.05) is 60.1 Å². The summed E-state index contributed by atoms with van der Waals surface area (Å²) in [6.07, 6.45) is 5.21. The summed E-state index contributed by atoms with van der Waals surface area (Å²) >= 11 is 6.14. The predicted molar refractivity (Wildman–Crippen MR) is 170 cm³/mol. The van der Waals surface area contributed by atoms with Gasteiger partial charge in [0.05, 0.1) is 23.4 Å². The largest absolute Gasteiger partial charge is 0.491 e. The van der Waals surface area contributed by atoms with Crippen molar-refractivity contribution in [1.82, 2.24) is 4.98 Å². The Morgan fingerprint density at radius 2 is 1.74 bits per heavy atom. The van der Waals surface area contributed by atoms with Crippen LogP contribution in [-0.2, 0) is 15.2 Å². The number of pyridine rings is 1. The Balaban J connectivity index is 1.42. The van der Waals surface area contributed by atoms with Crippen LogP contribution in [0, 0.1) is 0 Å². The molecule has 8 heteroatoms. The fourth-order valence-electron chi connectivity index (χ4n) is 5.25. The number of para-hydroxylation sites is 1. The summed E-state index contributed by atoms with van der Waals surface area (Å²) in [5.41, 5.74) is 3.04. The highest BCUT2D eigenvalue weighted by molar-refractivity contribution is 6.31. The van der Waals surface area contributed by atoms with Crippen LogP contribution in [0.25, 0.3) is 23.1 Å². The van der Waals surface area contributed by atoms with E-state index >= 15 is 0 Å². The first-order valence-corrected chi connectivity index (χ1v) is 14.5. The van der Waals surface area contributed by atoms with Crippen molar-refractivity contribution < 1.29 is 24.5 Å². The number of carboxylic acids is 1. The summed E-state index contributed by atoms with van der Waals surface area (Å²) in [5, 5.41) is 21.9. The van der Waals surface area contributed by atoms with Gasteiger partial charge >= 0.3 is 5.97 Å². The second-order valence-electron chi connectivity index (χ2n) is 11.0. The second-order valence-corrected chi connectivity index (χ2v) is 11.4. The minimum absolute atomic E-state index is 0.137. The number of carbonyl (C=O) groups excluding carboxylic acids is 1. The van der Waals surface area contributed by atoms with Gasteiger partial charge in [-0.25, -0.2) is 9.78 Å². The molecule has 0 atom stereocenters. The van der Waals surface area contributed by atoms with E-state index in [9.17, 15) is 19.8 Å². The van der Waals surface area contributed by atoms with Crippen LogP contribution in [0.15, 0.2) is 90.0 Å². The van der Waals surface area contributed by atoms with Crippen LogP contribution >= 0.6 is 11.6 Å². The molecule has 0 saturated heterocycles. The van der Waals surface area contributed by atoms with Crippen molar-refractivity contribution in [2.75, 3.05) is 18.1 Å². The number of aliphatic hydroxyl groups is 1. The number of hydrogen-bond acceptors (Lipinski definition) is 5. The number of nitrogens with zero attached hydrogens (tertiary/aromatic N) is 2. The van der Waals surface area contributed by atoms with Crippen molar-refractivity contribution >= 4 is 52.2 Å². The van der Waals surface area contributed by atoms with Gasteiger partial charge in [-0.15, -0.1) is 0 Å². The van der Waals surface area contributed by atoms with Gasteiger partial charge in [-0.05, 0) is 81.1 Å². The van der Waals surface area contributed by atoms with Gasteiger partial charge in [-0.3, -0.25) is 4.79 Å². The number of anilines is 1. The first-order chi connectivity index (χ1) is 20.6. The maximum atomic E-state index is 13.8. The Hall–Kier alpha value is -4.46. The van der Waals surface area contributed by atoms with E-state index in [1.54, 1.807) is 30.9 Å². The Bertz CT molecular complexity index is 1740. The minimum atomic E-state index is -1.11. The molecule has 0 spiro atoms. The smallest absolute Gasteiger partial charge is 0.332 e. The maximum Gasteiger partial charge on any atom is 0.332 e. The fourth-order valence-corrected chi connectivity index (χ4v) is 5.41. The molecule has 0 bridgehead atoms. The Kier molecular flexibility index (Phi) is 8.94. The van der Waals surface area contributed by atoms with Crippen molar-refractivity contribution in [3.05, 3.63) is 112 Å². The van der Waals surface area contributed by atoms with E-state index < -0.39 is 11.6 Å². The number of carbonyl (C=O) groups is 2. The summed E-state index contributed by atoms with van der Waals surface area (Å²) in [7, 11) is 0. The number of halogens is 1. The Labute approximate surface area is 255 Å². The zero-order valence-corrected chi connectivity index (χ0v) is 24.8. The summed E-state index contributed by atoms with van der Waals surface area (Å²) in [4.78, 5) is 32.0. The van der Waals surface area contributed by atoms with E-state index in [4.69, 9.17) is 16.3 Å². The van der Waals surface area contributed by atoms with Crippen LogP contribution in [0.4, 0.5) is 5.69 Å². The number of fused-ring (bicyclic) bond motifs is 1. The lowest BCUT2D eigenvalue weighted by Gasteiger charge is -2.26. The predicted octanol–water partition coefficient (Wildman–Crippen LogP) is 7.26. The van der Waals surface area contributed by atoms with Crippen LogP contribution in [-0.4, -0.2) is 40.2 Å². The standard InChI is InChI=1S/C35H33ClN2O5/c1-35(2,42)30-11-3-4-12-32(30)43-20-19-38(33(39)28-9-6-10-29(28)34(40)41)27-8-5-7-23(21-27)13-17-26-18-15-24-14-16-25(36)22-31(24)37-26/h3-5,7-8,11-18,21-22,42H,6,9-10,19-20H2,1-2H3,(H,40,41)/b17-13+. The highest BCUT2D eigenvalue weighted by atomic mass is 35.5. The molecule has 5 rings (SSSR count). The van der Waals surface area contributed by atoms with E-state index in [0.29, 0.717) is 46.9 Å². The molecule has 4 aromatic rings. The highest BCUT2D eigenvalue weighted by Crippen LogP contribution is 2.31. The van der Waals surface area contributed by atoms with Crippen LogP contribution in [0.2, 0.25) is 5.02 Å². The topological polar surface area (TPSA) is 100.0 Å². The van der Waals surface area contributed by atoms with E-state index in [2.05, 4.69) is 4.98 Å². The van der Waals surface area contributed by atoms with Gasteiger partial charge in [0, 0.05) is 32.8 Å². The van der Waals surface area contributed by atoms with E-state index in [1.807, 2.05) is 78.9 Å². The molecule has 0 unspecified atom stereocenters. The Morgan fingerprint density at radius 3 is 2.53 bits per heavy atom. The van der Waals surface area contributed by atoms with Gasteiger partial charge in [0.15, 0.2) is 0 Å². The van der Waals surface area contributed by atoms with Crippen molar-refractivity contribution in [3.8, 4) is 5.75 Å². The maximum absolute atomic E-state index is 13.8. The summed E-state index contributed by atoms with van der Waals surface area (Å²) in [6, 6.07) is 24.2. The summed E-state index contributed by atoms with van der Waals surface area (Å²) in [5.74, 6) is -0.880. The molecule has 0 fully saturated rings. The fraction of sp³-hybridized carbons (Fsp3) is 0.229. The molecule has 1 aromatic heterocycles. The molecule has 0 radical (unpaired) electrons. The van der Waals surface area contributed by atoms with Crippen molar-refractivity contribution in [2.45, 2.75) is 38.7 Å². The number of carboxylic acid groups (broad SMARTS) is 1. The lowest BCUT2D eigenvalue weighted by Crippen LogP contribution is -2.36. The number of ether oxygens (including phenoxy) is 1. The van der Waals surface area contributed by atoms with E-state index in [0.717, 1.165) is 22.2 Å². The quantitative estimate of drug-likeness (QED) is 0.200. The van der Waals surface area contributed by atoms with Gasteiger partial charge in [0.2, 0.25) is 0 Å². The zero-order valence-electron chi connectivity index (χ0n) is 24.1. The molecule has 43 heavy (non-hydrogen) atoms. The lowest BCUT2D eigenvalue weighted by molar-refractivity contribution is -0.133. The normalized spacial score (nSPS) is 13.6. The number of aliphatic carboxylic acids is 1. The second kappa shape index (κ2) is 12.8. The zero-order chi connectivity index (χ0) is 30.6. The average molecular weight is 597 g/mol. The van der Waals surface area contributed by atoms with Crippen LogP contribution in [0.1, 0.15) is 49.9 Å². The van der Waals surface area contributed by atoms with E-state index in [-0.39, 0.29) is 24.6 Å². The van der Waals surface area contributed by atoms with Gasteiger partial charge in [-0.2, -0.15) is 0 Å². The summed E-state index contributed by atoms with van der Waals surface area (Å²) in [6.45, 7) is 3.69. The molecule has 2 N–H and O–H groups in total. The van der Waals surface area contributed by atoms with Crippen molar-refractivity contribution in [2.24, 2.45) is 0 Å². The highest BCUT2D eigenvalue weighted by Gasteiger charge is 2.29. The number of hydrogen-bond donors (Lipinski definition) is 2.